The van der Waals surface area contributed by atoms with Gasteiger partial charge in [0.2, 0.25) is 0 Å². The SMILES string of the molecule is CCC(CO)(CO)CO.CCCCCC(O)=S.CCCCCC(O)=S.CCCCCC(O)=S. The van der Waals surface area contributed by atoms with Gasteiger partial charge in [-0.05, 0) is 62.3 Å². The summed E-state index contributed by atoms with van der Waals surface area (Å²) in [4.78, 5) is 0. The third-order valence-electron chi connectivity index (χ3n) is 4.74. The van der Waals surface area contributed by atoms with Gasteiger partial charge in [0.25, 0.3) is 0 Å². The number of rotatable bonds is 16. The molecule has 0 rings (SSSR count). The molecule has 0 bridgehead atoms. The zero-order valence-corrected chi connectivity index (χ0v) is 23.7. The maximum Gasteiger partial charge on any atom is 0.156 e. The van der Waals surface area contributed by atoms with Crippen LogP contribution in [0.1, 0.15) is 111 Å². The molecule has 200 valence electrons. The Kier molecular flexibility index (Phi) is 38.0. The van der Waals surface area contributed by atoms with E-state index in [-0.39, 0.29) is 35.0 Å². The second-order valence-corrected chi connectivity index (χ2v) is 9.29. The maximum atomic E-state index is 8.66. The zero-order chi connectivity index (χ0) is 26.5. The Morgan fingerprint density at radius 2 is 0.758 bits per heavy atom. The van der Waals surface area contributed by atoms with Crippen molar-refractivity contribution in [2.45, 2.75) is 111 Å². The van der Waals surface area contributed by atoms with Crippen LogP contribution in [0.2, 0.25) is 0 Å². The van der Waals surface area contributed by atoms with E-state index in [0.717, 1.165) is 19.3 Å². The lowest BCUT2D eigenvalue weighted by molar-refractivity contribution is 0.00304. The minimum atomic E-state index is -0.667. The third-order valence-corrected chi connectivity index (χ3v) is 5.35. The Morgan fingerprint density at radius 3 is 0.848 bits per heavy atom. The number of aliphatic hydroxyl groups is 6. The molecular formula is C24H50O6S3. The third kappa shape index (κ3) is 39.1. The van der Waals surface area contributed by atoms with Crippen LogP contribution in [0.4, 0.5) is 0 Å². The van der Waals surface area contributed by atoms with Crippen LogP contribution in [-0.4, -0.2) is 65.6 Å². The monoisotopic (exact) mass is 530 g/mol. The second-order valence-electron chi connectivity index (χ2n) is 7.88. The van der Waals surface area contributed by atoms with Gasteiger partial charge < -0.3 is 30.6 Å². The summed E-state index contributed by atoms with van der Waals surface area (Å²) in [5.41, 5.74) is -0.667. The van der Waals surface area contributed by atoms with Gasteiger partial charge >= 0.3 is 0 Å². The molecule has 0 aromatic carbocycles. The van der Waals surface area contributed by atoms with Gasteiger partial charge in [-0.2, -0.15) is 0 Å². The summed E-state index contributed by atoms with van der Waals surface area (Å²) >= 11 is 13.4. The fourth-order valence-corrected chi connectivity index (χ4v) is 2.50. The predicted molar refractivity (Wildman–Crippen MR) is 152 cm³/mol. The van der Waals surface area contributed by atoms with E-state index in [1.54, 1.807) is 0 Å². The predicted octanol–water partition coefficient (Wildman–Crippen LogP) is 6.72. The molecule has 0 aliphatic heterocycles. The fourth-order valence-electron chi connectivity index (χ4n) is 2.06. The molecule has 0 aromatic rings. The van der Waals surface area contributed by atoms with Gasteiger partial charge in [0.15, 0.2) is 15.2 Å². The Balaban J connectivity index is -0.000000170. The molecule has 0 unspecified atom stereocenters. The van der Waals surface area contributed by atoms with E-state index in [9.17, 15) is 0 Å². The number of hydrogen-bond acceptors (Lipinski definition) is 6. The molecule has 0 aliphatic rings. The molecule has 33 heavy (non-hydrogen) atoms. The van der Waals surface area contributed by atoms with E-state index in [0.29, 0.717) is 25.7 Å². The molecule has 0 spiro atoms. The fraction of sp³-hybridized carbons (Fsp3) is 0.875. The molecule has 6 nitrogen and oxygen atoms in total. The zero-order valence-electron chi connectivity index (χ0n) is 21.2. The molecule has 0 saturated heterocycles. The minimum absolute atomic E-state index is 0.151. The highest BCUT2D eigenvalue weighted by atomic mass is 32.1. The molecule has 0 amide bonds. The lowest BCUT2D eigenvalue weighted by atomic mass is 9.88. The molecule has 0 atom stereocenters. The first-order chi connectivity index (χ1) is 15.6. The standard InChI is InChI=1S/C6H14O3.3C6H12OS/c1-2-6(3-7,4-8)5-9;3*1-2-3-4-5-6(7)8/h7-9H,2-5H2,1H3;3*2-5H2,1H3,(H,7,8). The van der Waals surface area contributed by atoms with Gasteiger partial charge in [0.1, 0.15) is 0 Å². The summed E-state index contributed by atoms with van der Waals surface area (Å²) in [5.74, 6) is 0. The van der Waals surface area contributed by atoms with Crippen LogP contribution in [0.15, 0.2) is 0 Å². The van der Waals surface area contributed by atoms with Crippen molar-refractivity contribution >= 4 is 51.8 Å². The highest BCUT2D eigenvalue weighted by molar-refractivity contribution is 7.80. The van der Waals surface area contributed by atoms with Crippen molar-refractivity contribution in [2.24, 2.45) is 5.41 Å². The van der Waals surface area contributed by atoms with Crippen molar-refractivity contribution in [1.29, 1.82) is 0 Å². The van der Waals surface area contributed by atoms with Crippen molar-refractivity contribution in [3.8, 4) is 0 Å². The van der Waals surface area contributed by atoms with Crippen molar-refractivity contribution in [2.75, 3.05) is 19.8 Å². The average Bonchev–Trinajstić information content (AvgIpc) is 2.77. The summed E-state index contributed by atoms with van der Waals surface area (Å²) in [6, 6.07) is 0. The Labute approximate surface area is 218 Å². The Bertz CT molecular complexity index is 379. The van der Waals surface area contributed by atoms with E-state index in [1.165, 1.54) is 38.5 Å². The average molecular weight is 531 g/mol. The van der Waals surface area contributed by atoms with E-state index < -0.39 is 5.41 Å². The smallest absolute Gasteiger partial charge is 0.156 e. The van der Waals surface area contributed by atoms with E-state index >= 15 is 0 Å². The first-order valence-electron chi connectivity index (χ1n) is 12.0. The van der Waals surface area contributed by atoms with Crippen molar-refractivity contribution in [1.82, 2.24) is 0 Å². The normalized spacial score (nSPS) is 9.91. The number of thiocarbonyl (C=S) groups is 3. The second kappa shape index (κ2) is 31.5. The van der Waals surface area contributed by atoms with Gasteiger partial charge in [-0.15, -0.1) is 0 Å². The Morgan fingerprint density at radius 1 is 0.515 bits per heavy atom. The number of unbranched alkanes of at least 4 members (excludes halogenated alkanes) is 6. The summed E-state index contributed by atoms with van der Waals surface area (Å²) in [5, 5.41) is 52.0. The summed E-state index contributed by atoms with van der Waals surface area (Å²) in [7, 11) is 0. The molecule has 0 fully saturated rings. The lowest BCUT2D eigenvalue weighted by Crippen LogP contribution is -2.32. The van der Waals surface area contributed by atoms with Crippen molar-refractivity contribution in [3.63, 3.8) is 0 Å². The van der Waals surface area contributed by atoms with Crippen LogP contribution < -0.4 is 0 Å². The van der Waals surface area contributed by atoms with Crippen molar-refractivity contribution < 1.29 is 30.6 Å². The quantitative estimate of drug-likeness (QED) is 0.0954. The van der Waals surface area contributed by atoms with Crippen LogP contribution in [0.5, 0.6) is 0 Å². The molecule has 0 aliphatic carbocycles. The number of hydrogen-bond donors (Lipinski definition) is 6. The van der Waals surface area contributed by atoms with Gasteiger partial charge in [0, 0.05) is 24.7 Å². The summed E-state index contributed by atoms with van der Waals surface area (Å²) in [6.45, 7) is 7.73. The largest absolute Gasteiger partial charge is 0.502 e. The van der Waals surface area contributed by atoms with Crippen LogP contribution in [-0.2, 0) is 0 Å². The molecule has 6 N–H and O–H groups in total. The van der Waals surface area contributed by atoms with Gasteiger partial charge in [-0.1, -0.05) is 66.2 Å². The van der Waals surface area contributed by atoms with E-state index in [4.69, 9.17) is 30.6 Å². The van der Waals surface area contributed by atoms with Crippen molar-refractivity contribution in [3.05, 3.63) is 0 Å². The molecule has 0 radical (unpaired) electrons. The highest BCUT2D eigenvalue weighted by Crippen LogP contribution is 2.18. The molecule has 0 aromatic heterocycles. The topological polar surface area (TPSA) is 121 Å². The van der Waals surface area contributed by atoms with Gasteiger partial charge in [-0.25, -0.2) is 0 Å². The van der Waals surface area contributed by atoms with E-state index in [2.05, 4.69) is 57.4 Å². The van der Waals surface area contributed by atoms with Crippen LogP contribution >= 0.6 is 36.7 Å². The van der Waals surface area contributed by atoms with Crippen LogP contribution in [0, 0.1) is 5.41 Å². The number of aliphatic hydroxyl groups excluding tert-OH is 6. The maximum absolute atomic E-state index is 8.66. The molecule has 9 heteroatoms. The Hall–Kier alpha value is -0.450. The summed E-state index contributed by atoms with van der Waals surface area (Å²) < 4.78 is 0. The van der Waals surface area contributed by atoms with Crippen LogP contribution in [0.25, 0.3) is 0 Å². The highest BCUT2D eigenvalue weighted by Gasteiger charge is 2.24. The van der Waals surface area contributed by atoms with E-state index in [1.807, 2.05) is 6.92 Å². The molecular weight excluding hydrogens is 480 g/mol. The summed E-state index contributed by atoms with van der Waals surface area (Å²) in [6.07, 6.45) is 12.8. The first-order valence-corrected chi connectivity index (χ1v) is 13.3. The van der Waals surface area contributed by atoms with Crippen LogP contribution in [0.3, 0.4) is 0 Å². The van der Waals surface area contributed by atoms with Gasteiger partial charge in [-0.3, -0.25) is 0 Å². The first kappa shape index (κ1) is 39.8. The molecule has 0 heterocycles. The minimum Gasteiger partial charge on any atom is -0.502 e. The lowest BCUT2D eigenvalue weighted by Gasteiger charge is -2.24. The van der Waals surface area contributed by atoms with Gasteiger partial charge in [0.05, 0.1) is 19.8 Å². The molecule has 0 saturated carbocycles.